The Kier molecular flexibility index (Phi) is 3.61. The fraction of sp³-hybridized carbons (Fsp3) is 0.417. The van der Waals surface area contributed by atoms with Crippen molar-refractivity contribution in [2.24, 2.45) is 11.8 Å². The van der Waals surface area contributed by atoms with Crippen LogP contribution in [0.3, 0.4) is 0 Å². The van der Waals surface area contributed by atoms with Crippen LogP contribution in [0.25, 0.3) is 0 Å². The van der Waals surface area contributed by atoms with E-state index in [1.807, 2.05) is 24.3 Å². The van der Waals surface area contributed by atoms with Crippen LogP contribution < -0.4 is 10.6 Å². The summed E-state index contributed by atoms with van der Waals surface area (Å²) in [6.45, 7) is 3.81. The minimum Gasteiger partial charge on any atom is -0.326 e. The zero-order chi connectivity index (χ0) is 11.5. The largest absolute Gasteiger partial charge is 0.326 e. The van der Waals surface area contributed by atoms with Crippen LogP contribution >= 0.6 is 15.9 Å². The number of carbonyl (C=O) groups excluding carboxylic acids is 1. The molecule has 0 spiro atoms. The van der Waals surface area contributed by atoms with Crippen molar-refractivity contribution in [2.75, 3.05) is 18.4 Å². The summed E-state index contributed by atoms with van der Waals surface area (Å²) < 4.78 is 1.02. The number of hydrogen-bond donors (Lipinski definition) is 2. The fourth-order valence-corrected chi connectivity index (χ4v) is 2.19. The Hall–Kier alpha value is -0.870. The lowest BCUT2D eigenvalue weighted by atomic mass is 9.97. The molecule has 1 aromatic rings. The van der Waals surface area contributed by atoms with Gasteiger partial charge in [-0.05, 0) is 36.7 Å². The van der Waals surface area contributed by atoms with E-state index in [-0.39, 0.29) is 11.8 Å². The van der Waals surface area contributed by atoms with Gasteiger partial charge in [-0.3, -0.25) is 4.79 Å². The summed E-state index contributed by atoms with van der Waals surface area (Å²) >= 11 is 3.36. The van der Waals surface area contributed by atoms with Crippen LogP contribution in [-0.4, -0.2) is 19.0 Å². The predicted octanol–water partition coefficient (Wildman–Crippen LogP) is 2.24. The third kappa shape index (κ3) is 2.62. The molecule has 0 saturated carbocycles. The molecule has 2 N–H and O–H groups in total. The van der Waals surface area contributed by atoms with Gasteiger partial charge in [0, 0.05) is 16.7 Å². The first kappa shape index (κ1) is 11.6. The minimum atomic E-state index is 0.0867. The molecule has 1 fully saturated rings. The molecule has 0 bridgehead atoms. The summed E-state index contributed by atoms with van der Waals surface area (Å²) in [5.74, 6) is 0.610. The Morgan fingerprint density at radius 2 is 2.06 bits per heavy atom. The molecule has 1 aliphatic heterocycles. The molecule has 16 heavy (non-hydrogen) atoms. The molecule has 86 valence electrons. The third-order valence-corrected chi connectivity index (χ3v) is 3.49. The van der Waals surface area contributed by atoms with Crippen molar-refractivity contribution in [3.8, 4) is 0 Å². The number of rotatable bonds is 2. The first-order valence-corrected chi connectivity index (χ1v) is 6.23. The van der Waals surface area contributed by atoms with Crippen molar-refractivity contribution in [1.82, 2.24) is 5.32 Å². The van der Waals surface area contributed by atoms with Gasteiger partial charge in [-0.1, -0.05) is 22.9 Å². The maximum Gasteiger partial charge on any atom is 0.229 e. The molecule has 1 aliphatic rings. The van der Waals surface area contributed by atoms with Crippen LogP contribution in [0, 0.1) is 11.8 Å². The van der Waals surface area contributed by atoms with E-state index < -0.39 is 0 Å². The summed E-state index contributed by atoms with van der Waals surface area (Å²) in [5, 5.41) is 6.17. The molecule has 0 unspecified atom stereocenters. The molecule has 1 heterocycles. The van der Waals surface area contributed by atoms with Crippen LogP contribution in [0.1, 0.15) is 6.92 Å². The van der Waals surface area contributed by atoms with E-state index in [2.05, 4.69) is 33.5 Å². The second-order valence-electron chi connectivity index (χ2n) is 4.24. The van der Waals surface area contributed by atoms with Crippen molar-refractivity contribution in [1.29, 1.82) is 0 Å². The zero-order valence-electron chi connectivity index (χ0n) is 9.16. The van der Waals surface area contributed by atoms with Gasteiger partial charge in [0.1, 0.15) is 0 Å². The Morgan fingerprint density at radius 1 is 1.38 bits per heavy atom. The summed E-state index contributed by atoms with van der Waals surface area (Å²) in [6.07, 6.45) is 0. The maximum absolute atomic E-state index is 11.9. The average Bonchev–Trinajstić information content (AvgIpc) is 2.68. The van der Waals surface area contributed by atoms with Crippen molar-refractivity contribution in [3.63, 3.8) is 0 Å². The second-order valence-corrected chi connectivity index (χ2v) is 5.15. The Labute approximate surface area is 104 Å². The molecule has 4 heteroatoms. The molecule has 1 aromatic carbocycles. The van der Waals surface area contributed by atoms with Gasteiger partial charge in [-0.2, -0.15) is 0 Å². The lowest BCUT2D eigenvalue weighted by molar-refractivity contribution is -0.120. The van der Waals surface area contributed by atoms with Gasteiger partial charge in [-0.25, -0.2) is 0 Å². The number of benzene rings is 1. The number of amides is 1. The SMILES string of the molecule is C[C@@H]1CNC[C@H]1C(=O)Nc1ccc(Br)cc1. The number of carbonyl (C=O) groups is 1. The molecule has 0 aromatic heterocycles. The van der Waals surface area contributed by atoms with Crippen LogP contribution in [0.15, 0.2) is 28.7 Å². The van der Waals surface area contributed by atoms with E-state index in [4.69, 9.17) is 0 Å². The zero-order valence-corrected chi connectivity index (χ0v) is 10.8. The van der Waals surface area contributed by atoms with Gasteiger partial charge in [-0.15, -0.1) is 0 Å². The Balaban J connectivity index is 1.99. The lowest BCUT2D eigenvalue weighted by Crippen LogP contribution is -2.27. The molecule has 1 saturated heterocycles. The standard InChI is InChI=1S/C12H15BrN2O/c1-8-6-14-7-11(8)12(16)15-10-4-2-9(13)3-5-10/h2-5,8,11,14H,6-7H2,1H3,(H,15,16)/t8-,11-/m1/s1. The van der Waals surface area contributed by atoms with Crippen LogP contribution in [-0.2, 0) is 4.79 Å². The highest BCUT2D eigenvalue weighted by atomic mass is 79.9. The summed E-state index contributed by atoms with van der Waals surface area (Å²) in [4.78, 5) is 11.9. The fourth-order valence-electron chi connectivity index (χ4n) is 1.93. The van der Waals surface area contributed by atoms with Gasteiger partial charge < -0.3 is 10.6 Å². The topological polar surface area (TPSA) is 41.1 Å². The number of nitrogens with one attached hydrogen (secondary N) is 2. The summed E-state index contributed by atoms with van der Waals surface area (Å²) in [5.41, 5.74) is 0.854. The number of hydrogen-bond acceptors (Lipinski definition) is 2. The monoisotopic (exact) mass is 282 g/mol. The summed E-state index contributed by atoms with van der Waals surface area (Å²) in [6, 6.07) is 7.64. The van der Waals surface area contributed by atoms with Gasteiger partial charge >= 0.3 is 0 Å². The van der Waals surface area contributed by atoms with Crippen molar-refractivity contribution < 1.29 is 4.79 Å². The van der Waals surface area contributed by atoms with Crippen LogP contribution in [0.5, 0.6) is 0 Å². The molecule has 1 amide bonds. The number of halogens is 1. The normalized spacial score (nSPS) is 24.4. The molecule has 0 radical (unpaired) electrons. The van der Waals surface area contributed by atoms with E-state index in [0.717, 1.165) is 23.2 Å². The van der Waals surface area contributed by atoms with Crippen molar-refractivity contribution >= 4 is 27.5 Å². The first-order valence-electron chi connectivity index (χ1n) is 5.44. The number of anilines is 1. The highest BCUT2D eigenvalue weighted by molar-refractivity contribution is 9.10. The molecular formula is C12H15BrN2O. The van der Waals surface area contributed by atoms with Crippen molar-refractivity contribution in [3.05, 3.63) is 28.7 Å². The van der Waals surface area contributed by atoms with E-state index in [1.165, 1.54) is 0 Å². The van der Waals surface area contributed by atoms with Gasteiger partial charge in [0.05, 0.1) is 5.92 Å². The molecule has 2 rings (SSSR count). The van der Waals surface area contributed by atoms with Crippen LogP contribution in [0.4, 0.5) is 5.69 Å². The maximum atomic E-state index is 11.9. The lowest BCUT2D eigenvalue weighted by Gasteiger charge is -2.14. The molecule has 2 atom stereocenters. The van der Waals surface area contributed by atoms with Crippen LogP contribution in [0.2, 0.25) is 0 Å². The second kappa shape index (κ2) is 4.97. The molecule has 0 aliphatic carbocycles. The minimum absolute atomic E-state index is 0.0867. The van der Waals surface area contributed by atoms with Gasteiger partial charge in [0.15, 0.2) is 0 Å². The summed E-state index contributed by atoms with van der Waals surface area (Å²) in [7, 11) is 0. The van der Waals surface area contributed by atoms with E-state index in [1.54, 1.807) is 0 Å². The molecular weight excluding hydrogens is 268 g/mol. The van der Waals surface area contributed by atoms with Gasteiger partial charge in [0.2, 0.25) is 5.91 Å². The van der Waals surface area contributed by atoms with E-state index in [9.17, 15) is 4.79 Å². The predicted molar refractivity (Wildman–Crippen MR) is 68.3 cm³/mol. The Morgan fingerprint density at radius 3 is 2.62 bits per heavy atom. The molecule has 3 nitrogen and oxygen atoms in total. The van der Waals surface area contributed by atoms with E-state index >= 15 is 0 Å². The van der Waals surface area contributed by atoms with E-state index in [0.29, 0.717) is 5.92 Å². The highest BCUT2D eigenvalue weighted by Gasteiger charge is 2.29. The quantitative estimate of drug-likeness (QED) is 0.874. The Bertz CT molecular complexity index is 377. The average molecular weight is 283 g/mol. The first-order chi connectivity index (χ1) is 7.66. The third-order valence-electron chi connectivity index (χ3n) is 2.97. The van der Waals surface area contributed by atoms with Gasteiger partial charge in [0.25, 0.3) is 0 Å². The highest BCUT2D eigenvalue weighted by Crippen LogP contribution is 2.19. The van der Waals surface area contributed by atoms with Crippen molar-refractivity contribution in [2.45, 2.75) is 6.92 Å². The smallest absolute Gasteiger partial charge is 0.229 e.